The molecule has 8 heteroatoms. The standard InChI is InChI=1S/C21H24Cl2N2O3S/c1-13-10-14(2)20(15(3)11-13)29(27,28)25-8-6-16(7-9-25)21(26)24-19-12-17(22)4-5-18(19)23/h4-5,10-12,16H,6-9H2,1-3H3,(H,24,26). The van der Waals surface area contributed by atoms with Crippen molar-refractivity contribution in [3.8, 4) is 0 Å². The molecule has 1 aliphatic heterocycles. The number of hydrogen-bond donors (Lipinski definition) is 1. The molecule has 2 aromatic rings. The van der Waals surface area contributed by atoms with E-state index in [9.17, 15) is 13.2 Å². The van der Waals surface area contributed by atoms with Gasteiger partial charge in [-0.2, -0.15) is 4.31 Å². The van der Waals surface area contributed by atoms with E-state index in [1.54, 1.807) is 18.2 Å². The van der Waals surface area contributed by atoms with Gasteiger partial charge in [-0.25, -0.2) is 8.42 Å². The minimum atomic E-state index is -3.60. The maximum atomic E-state index is 13.2. The molecule has 29 heavy (non-hydrogen) atoms. The number of rotatable bonds is 4. The Morgan fingerprint density at radius 3 is 2.21 bits per heavy atom. The van der Waals surface area contributed by atoms with Crippen LogP contribution in [0.1, 0.15) is 29.5 Å². The molecule has 156 valence electrons. The molecule has 1 aliphatic rings. The highest BCUT2D eigenvalue weighted by molar-refractivity contribution is 7.89. The predicted octanol–water partition coefficient (Wildman–Crippen LogP) is 4.96. The molecule has 0 aromatic heterocycles. The molecule has 0 radical (unpaired) electrons. The summed E-state index contributed by atoms with van der Waals surface area (Å²) in [6.07, 6.45) is 0.903. The quantitative estimate of drug-likeness (QED) is 0.709. The van der Waals surface area contributed by atoms with Crippen LogP contribution in [-0.4, -0.2) is 31.7 Å². The zero-order valence-electron chi connectivity index (χ0n) is 16.6. The Hall–Kier alpha value is -1.60. The number of carbonyl (C=O) groups excluding carboxylic acids is 1. The number of anilines is 1. The summed E-state index contributed by atoms with van der Waals surface area (Å²) in [5, 5.41) is 3.70. The Kier molecular flexibility index (Phi) is 6.58. The Morgan fingerprint density at radius 2 is 1.62 bits per heavy atom. The molecule has 1 heterocycles. The fraction of sp³-hybridized carbons (Fsp3) is 0.381. The fourth-order valence-electron chi connectivity index (χ4n) is 3.89. The molecular formula is C21H24Cl2N2O3S. The number of carbonyl (C=O) groups is 1. The molecule has 0 atom stereocenters. The van der Waals surface area contributed by atoms with Gasteiger partial charge in [0.15, 0.2) is 0 Å². The first-order valence-corrected chi connectivity index (χ1v) is 11.6. The highest BCUT2D eigenvalue weighted by Gasteiger charge is 2.33. The van der Waals surface area contributed by atoms with Crippen molar-refractivity contribution < 1.29 is 13.2 Å². The van der Waals surface area contributed by atoms with Crippen LogP contribution in [0.15, 0.2) is 35.2 Å². The van der Waals surface area contributed by atoms with Crippen molar-refractivity contribution in [2.24, 2.45) is 5.92 Å². The van der Waals surface area contributed by atoms with Gasteiger partial charge < -0.3 is 5.32 Å². The summed E-state index contributed by atoms with van der Waals surface area (Å²) in [6.45, 7) is 6.20. The number of nitrogens with zero attached hydrogens (tertiary/aromatic N) is 1. The van der Waals surface area contributed by atoms with E-state index in [2.05, 4.69) is 5.32 Å². The van der Waals surface area contributed by atoms with Gasteiger partial charge in [0.1, 0.15) is 0 Å². The van der Waals surface area contributed by atoms with E-state index in [0.717, 1.165) is 16.7 Å². The minimum absolute atomic E-state index is 0.172. The predicted molar refractivity (Wildman–Crippen MR) is 117 cm³/mol. The zero-order chi connectivity index (χ0) is 21.3. The zero-order valence-corrected chi connectivity index (χ0v) is 19.0. The summed E-state index contributed by atoms with van der Waals surface area (Å²) in [4.78, 5) is 13.0. The van der Waals surface area contributed by atoms with Crippen LogP contribution in [0.5, 0.6) is 0 Å². The lowest BCUT2D eigenvalue weighted by atomic mass is 9.97. The largest absolute Gasteiger partial charge is 0.324 e. The second-order valence-corrected chi connectivity index (χ2v) is 10.2. The number of piperidine rings is 1. The molecule has 2 aromatic carbocycles. The van der Waals surface area contributed by atoms with Crippen LogP contribution < -0.4 is 5.32 Å². The SMILES string of the molecule is Cc1cc(C)c(S(=O)(=O)N2CCC(C(=O)Nc3cc(Cl)ccc3Cl)CC2)c(C)c1. The minimum Gasteiger partial charge on any atom is -0.324 e. The summed E-state index contributed by atoms with van der Waals surface area (Å²) in [5.74, 6) is -0.453. The van der Waals surface area contributed by atoms with Crippen LogP contribution in [0.3, 0.4) is 0 Å². The van der Waals surface area contributed by atoms with E-state index in [-0.39, 0.29) is 11.8 Å². The van der Waals surface area contributed by atoms with Crippen LogP contribution in [-0.2, 0) is 14.8 Å². The summed E-state index contributed by atoms with van der Waals surface area (Å²) in [5.41, 5.74) is 3.00. The molecule has 1 fully saturated rings. The second-order valence-electron chi connectivity index (χ2n) is 7.52. The van der Waals surface area contributed by atoms with Gasteiger partial charge in [-0.1, -0.05) is 40.9 Å². The number of benzene rings is 2. The van der Waals surface area contributed by atoms with Crippen molar-refractivity contribution in [3.63, 3.8) is 0 Å². The molecule has 0 saturated carbocycles. The highest BCUT2D eigenvalue weighted by atomic mass is 35.5. The summed E-state index contributed by atoms with van der Waals surface area (Å²) in [7, 11) is -3.60. The van der Waals surface area contributed by atoms with Crippen LogP contribution in [0.4, 0.5) is 5.69 Å². The molecule has 0 spiro atoms. The van der Waals surface area contributed by atoms with E-state index in [0.29, 0.717) is 46.6 Å². The van der Waals surface area contributed by atoms with Crippen LogP contribution in [0.25, 0.3) is 0 Å². The van der Waals surface area contributed by atoms with Gasteiger partial charge in [0.2, 0.25) is 15.9 Å². The third kappa shape index (κ3) is 4.77. The van der Waals surface area contributed by atoms with Gasteiger partial charge >= 0.3 is 0 Å². The maximum absolute atomic E-state index is 13.2. The number of sulfonamides is 1. The molecule has 0 unspecified atom stereocenters. The molecule has 5 nitrogen and oxygen atoms in total. The number of aryl methyl sites for hydroxylation is 3. The Balaban J connectivity index is 1.70. The number of amides is 1. The molecule has 1 N–H and O–H groups in total. The van der Waals surface area contributed by atoms with Gasteiger partial charge in [0, 0.05) is 24.0 Å². The number of halogens is 2. The third-order valence-corrected chi connectivity index (χ3v) is 7.98. The van der Waals surface area contributed by atoms with E-state index in [4.69, 9.17) is 23.2 Å². The van der Waals surface area contributed by atoms with E-state index in [1.165, 1.54) is 4.31 Å². The highest BCUT2D eigenvalue weighted by Crippen LogP contribution is 2.30. The van der Waals surface area contributed by atoms with E-state index < -0.39 is 10.0 Å². The fourth-order valence-corrected chi connectivity index (χ4v) is 6.11. The van der Waals surface area contributed by atoms with Crippen molar-refractivity contribution >= 4 is 44.8 Å². The van der Waals surface area contributed by atoms with Crippen molar-refractivity contribution in [1.29, 1.82) is 0 Å². The second kappa shape index (κ2) is 8.64. The maximum Gasteiger partial charge on any atom is 0.243 e. The van der Waals surface area contributed by atoms with E-state index >= 15 is 0 Å². The normalized spacial score (nSPS) is 16.0. The van der Waals surface area contributed by atoms with Crippen molar-refractivity contribution in [2.75, 3.05) is 18.4 Å². The monoisotopic (exact) mass is 454 g/mol. The summed E-state index contributed by atoms with van der Waals surface area (Å²) >= 11 is 12.1. The van der Waals surface area contributed by atoms with Crippen molar-refractivity contribution in [1.82, 2.24) is 4.31 Å². The first-order chi connectivity index (χ1) is 13.6. The van der Waals surface area contributed by atoms with Crippen LogP contribution in [0, 0.1) is 26.7 Å². The Morgan fingerprint density at radius 1 is 1.03 bits per heavy atom. The number of hydrogen-bond acceptors (Lipinski definition) is 3. The first kappa shape index (κ1) is 22.1. The van der Waals surface area contributed by atoms with Crippen LogP contribution >= 0.6 is 23.2 Å². The lowest BCUT2D eigenvalue weighted by Crippen LogP contribution is -2.41. The van der Waals surface area contributed by atoms with Gasteiger partial charge in [-0.05, 0) is 62.9 Å². The molecule has 1 saturated heterocycles. The Bertz CT molecular complexity index is 1020. The lowest BCUT2D eigenvalue weighted by molar-refractivity contribution is -0.120. The Labute approximate surface area is 182 Å². The lowest BCUT2D eigenvalue weighted by Gasteiger charge is -2.31. The van der Waals surface area contributed by atoms with Gasteiger partial charge in [-0.15, -0.1) is 0 Å². The molecule has 3 rings (SSSR count). The smallest absolute Gasteiger partial charge is 0.243 e. The molecular weight excluding hydrogens is 431 g/mol. The number of nitrogens with one attached hydrogen (secondary N) is 1. The van der Waals surface area contributed by atoms with Gasteiger partial charge in [0.25, 0.3) is 0 Å². The molecule has 1 amide bonds. The average molecular weight is 455 g/mol. The topological polar surface area (TPSA) is 66.5 Å². The van der Waals surface area contributed by atoms with Crippen molar-refractivity contribution in [2.45, 2.75) is 38.5 Å². The molecule has 0 bridgehead atoms. The van der Waals surface area contributed by atoms with Crippen LogP contribution in [0.2, 0.25) is 10.0 Å². The first-order valence-electron chi connectivity index (χ1n) is 9.43. The molecule has 0 aliphatic carbocycles. The summed E-state index contributed by atoms with van der Waals surface area (Å²) in [6, 6.07) is 8.65. The average Bonchev–Trinajstić information content (AvgIpc) is 2.63. The summed E-state index contributed by atoms with van der Waals surface area (Å²) < 4.78 is 27.8. The third-order valence-electron chi connectivity index (χ3n) is 5.21. The van der Waals surface area contributed by atoms with E-state index in [1.807, 2.05) is 32.9 Å². The van der Waals surface area contributed by atoms with Crippen molar-refractivity contribution in [3.05, 3.63) is 57.1 Å². The van der Waals surface area contributed by atoms with Gasteiger partial charge in [-0.3, -0.25) is 4.79 Å². The van der Waals surface area contributed by atoms with Gasteiger partial charge in [0.05, 0.1) is 15.6 Å².